The summed E-state index contributed by atoms with van der Waals surface area (Å²) >= 11 is 0. The lowest BCUT2D eigenvalue weighted by atomic mass is 10.2. The highest BCUT2D eigenvalue weighted by atomic mass is 16.5. The van der Waals surface area contributed by atoms with Gasteiger partial charge in [0.05, 0.1) is 19.9 Å². The summed E-state index contributed by atoms with van der Waals surface area (Å²) in [6.45, 7) is 4.28. The fourth-order valence-electron chi connectivity index (χ4n) is 3.70. The van der Waals surface area contributed by atoms with Crippen molar-refractivity contribution in [2.24, 2.45) is 0 Å². The zero-order valence-corrected chi connectivity index (χ0v) is 18.9. The molecule has 1 fully saturated rings. The topological polar surface area (TPSA) is 88.9 Å². The predicted molar refractivity (Wildman–Crippen MR) is 127 cm³/mol. The van der Waals surface area contributed by atoms with E-state index < -0.39 is 0 Å². The van der Waals surface area contributed by atoms with Crippen molar-refractivity contribution in [1.29, 1.82) is 0 Å². The molecule has 0 saturated carbocycles. The van der Waals surface area contributed by atoms with Crippen molar-refractivity contribution in [1.82, 2.24) is 14.7 Å². The Labute approximate surface area is 192 Å². The van der Waals surface area contributed by atoms with Crippen molar-refractivity contribution in [3.05, 3.63) is 70.5 Å². The van der Waals surface area contributed by atoms with E-state index in [1.807, 2.05) is 31.2 Å². The van der Waals surface area contributed by atoms with E-state index in [-0.39, 0.29) is 11.6 Å². The average molecular weight is 450 g/mol. The molecule has 0 bridgehead atoms. The van der Waals surface area contributed by atoms with Crippen LogP contribution in [-0.2, 0) is 0 Å². The maximum atomic E-state index is 12.7. The molecule has 1 aromatic heterocycles. The van der Waals surface area contributed by atoms with Crippen LogP contribution in [0, 0.1) is 6.92 Å². The molecule has 0 atom stereocenters. The second-order valence-electron chi connectivity index (χ2n) is 7.75. The number of aryl methyl sites for hydroxylation is 1. The Morgan fingerprint density at radius 1 is 0.909 bits per heavy atom. The summed E-state index contributed by atoms with van der Waals surface area (Å²) in [5.41, 5.74) is 2.29. The van der Waals surface area contributed by atoms with Crippen molar-refractivity contribution in [3.63, 3.8) is 0 Å². The van der Waals surface area contributed by atoms with Gasteiger partial charge in [-0.25, -0.2) is 4.79 Å². The normalized spacial score (nSPS) is 13.5. The molecule has 0 radical (unpaired) electrons. The van der Waals surface area contributed by atoms with Gasteiger partial charge in [-0.1, -0.05) is 17.7 Å². The van der Waals surface area contributed by atoms with Crippen LogP contribution in [0.5, 0.6) is 11.5 Å². The Balaban J connectivity index is 1.41. The molecule has 2 amide bonds. The van der Waals surface area contributed by atoms with Crippen LogP contribution in [0.15, 0.2) is 59.4 Å². The third-order valence-electron chi connectivity index (χ3n) is 5.59. The third kappa shape index (κ3) is 4.92. The SMILES string of the molecule is COc1ccc(NC(=O)N2CCN(c3ccc(=O)n(-c4ccc(C)cc4)n3)CC2)cc1OC. The molecular weight excluding hydrogens is 422 g/mol. The van der Waals surface area contributed by atoms with E-state index in [2.05, 4.69) is 15.3 Å². The zero-order valence-electron chi connectivity index (χ0n) is 18.9. The minimum Gasteiger partial charge on any atom is -0.493 e. The Kier molecular flexibility index (Phi) is 6.48. The first kappa shape index (κ1) is 22.2. The molecule has 172 valence electrons. The van der Waals surface area contributed by atoms with Gasteiger partial charge in [0, 0.05) is 44.0 Å². The number of rotatable bonds is 5. The van der Waals surface area contributed by atoms with E-state index in [1.54, 1.807) is 43.4 Å². The summed E-state index contributed by atoms with van der Waals surface area (Å²) in [7, 11) is 3.12. The van der Waals surface area contributed by atoms with Crippen molar-refractivity contribution < 1.29 is 14.3 Å². The minimum absolute atomic E-state index is 0.181. The zero-order chi connectivity index (χ0) is 23.4. The van der Waals surface area contributed by atoms with E-state index in [0.29, 0.717) is 49.2 Å². The lowest BCUT2D eigenvalue weighted by Gasteiger charge is -2.35. The highest BCUT2D eigenvalue weighted by Gasteiger charge is 2.23. The molecule has 1 aliphatic rings. The van der Waals surface area contributed by atoms with E-state index in [1.165, 1.54) is 10.7 Å². The quantitative estimate of drug-likeness (QED) is 0.644. The Morgan fingerprint density at radius 3 is 2.27 bits per heavy atom. The van der Waals surface area contributed by atoms with Gasteiger partial charge in [-0.3, -0.25) is 4.79 Å². The number of carbonyl (C=O) groups excluding carboxylic acids is 1. The van der Waals surface area contributed by atoms with Gasteiger partial charge in [-0.15, -0.1) is 5.10 Å². The number of nitrogens with one attached hydrogen (secondary N) is 1. The van der Waals surface area contributed by atoms with Gasteiger partial charge in [-0.05, 0) is 37.3 Å². The van der Waals surface area contributed by atoms with Crippen molar-refractivity contribution in [2.75, 3.05) is 50.6 Å². The molecule has 0 aliphatic carbocycles. The second kappa shape index (κ2) is 9.64. The largest absolute Gasteiger partial charge is 0.493 e. The number of anilines is 2. The number of hydrogen-bond donors (Lipinski definition) is 1. The van der Waals surface area contributed by atoms with E-state index in [0.717, 1.165) is 11.3 Å². The number of nitrogens with zero attached hydrogens (tertiary/aromatic N) is 4. The van der Waals surface area contributed by atoms with Crippen LogP contribution in [0.25, 0.3) is 5.69 Å². The Morgan fingerprint density at radius 2 is 1.61 bits per heavy atom. The van der Waals surface area contributed by atoms with Gasteiger partial charge in [0.1, 0.15) is 5.82 Å². The molecule has 33 heavy (non-hydrogen) atoms. The Hall–Kier alpha value is -4.01. The van der Waals surface area contributed by atoms with Gasteiger partial charge in [0.15, 0.2) is 11.5 Å². The molecule has 1 N–H and O–H groups in total. The number of carbonyl (C=O) groups is 1. The van der Waals surface area contributed by atoms with E-state index in [4.69, 9.17) is 9.47 Å². The third-order valence-corrected chi connectivity index (χ3v) is 5.59. The summed E-state index contributed by atoms with van der Waals surface area (Å²) in [5, 5.41) is 7.46. The van der Waals surface area contributed by atoms with Gasteiger partial charge >= 0.3 is 6.03 Å². The Bertz CT molecular complexity index is 1180. The molecule has 1 saturated heterocycles. The van der Waals surface area contributed by atoms with Gasteiger partial charge in [0.2, 0.25) is 0 Å². The van der Waals surface area contributed by atoms with Crippen LogP contribution in [0.2, 0.25) is 0 Å². The molecule has 0 unspecified atom stereocenters. The summed E-state index contributed by atoms with van der Waals surface area (Å²) < 4.78 is 11.9. The molecule has 3 aromatic rings. The fraction of sp³-hybridized carbons (Fsp3) is 0.292. The van der Waals surface area contributed by atoms with Crippen molar-refractivity contribution in [3.8, 4) is 17.2 Å². The van der Waals surface area contributed by atoms with Gasteiger partial charge < -0.3 is 24.6 Å². The smallest absolute Gasteiger partial charge is 0.321 e. The van der Waals surface area contributed by atoms with E-state index in [9.17, 15) is 9.59 Å². The highest BCUT2D eigenvalue weighted by molar-refractivity contribution is 5.90. The lowest BCUT2D eigenvalue weighted by molar-refractivity contribution is 0.208. The van der Waals surface area contributed by atoms with Crippen molar-refractivity contribution >= 4 is 17.5 Å². The van der Waals surface area contributed by atoms with Gasteiger partial charge in [0.25, 0.3) is 5.56 Å². The number of aromatic nitrogens is 2. The molecule has 2 aromatic carbocycles. The van der Waals surface area contributed by atoms with E-state index >= 15 is 0 Å². The monoisotopic (exact) mass is 449 g/mol. The van der Waals surface area contributed by atoms with Crippen LogP contribution in [-0.4, -0.2) is 61.1 Å². The molecule has 4 rings (SSSR count). The minimum atomic E-state index is -0.185. The molecule has 1 aliphatic heterocycles. The number of benzene rings is 2. The second-order valence-corrected chi connectivity index (χ2v) is 7.75. The number of methoxy groups -OCH3 is 2. The van der Waals surface area contributed by atoms with Gasteiger partial charge in [-0.2, -0.15) is 4.68 Å². The number of urea groups is 1. The molecule has 2 heterocycles. The standard InChI is InChI=1S/C24H27N5O4/c1-17-4-7-19(8-5-17)29-23(30)11-10-22(26-29)27-12-14-28(15-13-27)24(31)25-18-6-9-20(32-2)21(16-18)33-3/h4-11,16H,12-15H2,1-3H3,(H,25,31). The van der Waals surface area contributed by atoms with Crippen LogP contribution in [0.1, 0.15) is 5.56 Å². The molecular formula is C24H27N5O4. The maximum Gasteiger partial charge on any atom is 0.321 e. The predicted octanol–water partition coefficient (Wildman–Crippen LogP) is 2.91. The summed E-state index contributed by atoms with van der Waals surface area (Å²) in [6.07, 6.45) is 0. The number of ether oxygens (including phenoxy) is 2. The summed E-state index contributed by atoms with van der Waals surface area (Å²) in [6, 6.07) is 16.0. The first-order valence-electron chi connectivity index (χ1n) is 10.7. The number of amides is 2. The summed E-state index contributed by atoms with van der Waals surface area (Å²) in [5.74, 6) is 1.86. The lowest BCUT2D eigenvalue weighted by Crippen LogP contribution is -2.50. The van der Waals surface area contributed by atoms with Crippen LogP contribution in [0.3, 0.4) is 0 Å². The number of piperazine rings is 1. The first-order chi connectivity index (χ1) is 16.0. The summed E-state index contributed by atoms with van der Waals surface area (Å²) in [4.78, 5) is 28.9. The molecule has 9 nitrogen and oxygen atoms in total. The van der Waals surface area contributed by atoms with Crippen LogP contribution >= 0.6 is 0 Å². The average Bonchev–Trinajstić information content (AvgIpc) is 2.85. The fourth-order valence-corrected chi connectivity index (χ4v) is 3.70. The van der Waals surface area contributed by atoms with Crippen LogP contribution < -0.4 is 25.2 Å². The maximum absolute atomic E-state index is 12.7. The van der Waals surface area contributed by atoms with Crippen LogP contribution in [0.4, 0.5) is 16.3 Å². The highest BCUT2D eigenvalue weighted by Crippen LogP contribution is 2.29. The molecule has 0 spiro atoms. The first-order valence-corrected chi connectivity index (χ1v) is 10.7. The molecule has 9 heteroatoms. The number of hydrogen-bond acceptors (Lipinski definition) is 6. The van der Waals surface area contributed by atoms with Crippen molar-refractivity contribution in [2.45, 2.75) is 6.92 Å².